The van der Waals surface area contributed by atoms with E-state index in [1.807, 2.05) is 0 Å². The third-order valence-corrected chi connectivity index (χ3v) is 5.03. The Bertz CT molecular complexity index is 297. The van der Waals surface area contributed by atoms with Crippen molar-refractivity contribution in [2.24, 2.45) is 0 Å². The van der Waals surface area contributed by atoms with Crippen LogP contribution in [0.15, 0.2) is 0 Å². The van der Waals surface area contributed by atoms with E-state index in [0.29, 0.717) is 6.42 Å². The number of nitrogens with one attached hydrogen (secondary N) is 1. The minimum Gasteiger partial charge on any atom is -0.481 e. The molecule has 0 aliphatic rings. The smallest absolute Gasteiger partial charge is 0.303 e. The van der Waals surface area contributed by atoms with Crippen LogP contribution in [0.5, 0.6) is 0 Å². The normalized spacial score (nSPS) is 12.4. The molecular formula is C22H45NO3. The van der Waals surface area contributed by atoms with Crippen molar-refractivity contribution >= 4 is 5.97 Å². The Hall–Kier alpha value is -0.610. The Balaban J connectivity index is 3.08. The van der Waals surface area contributed by atoms with E-state index in [9.17, 15) is 9.90 Å². The molecule has 26 heavy (non-hydrogen) atoms. The average Bonchev–Trinajstić information content (AvgIpc) is 2.61. The van der Waals surface area contributed by atoms with Crippen molar-refractivity contribution in [2.45, 2.75) is 129 Å². The molecule has 0 aliphatic heterocycles. The van der Waals surface area contributed by atoms with E-state index in [1.54, 1.807) is 0 Å². The molecule has 3 N–H and O–H groups in total. The third-order valence-electron chi connectivity index (χ3n) is 5.03. The predicted octanol–water partition coefficient (Wildman–Crippen LogP) is 6.02. The van der Waals surface area contributed by atoms with Crippen LogP contribution in [-0.2, 0) is 4.79 Å². The Labute approximate surface area is 162 Å². The minimum atomic E-state index is -0.665. The molecule has 0 radical (unpaired) electrons. The summed E-state index contributed by atoms with van der Waals surface area (Å²) in [7, 11) is 0. The summed E-state index contributed by atoms with van der Waals surface area (Å²) in [6.07, 6.45) is 20.7. The van der Waals surface area contributed by atoms with Gasteiger partial charge in [0, 0.05) is 6.42 Å². The van der Waals surface area contributed by atoms with Crippen molar-refractivity contribution in [1.29, 1.82) is 0 Å². The molecule has 1 atom stereocenters. The van der Waals surface area contributed by atoms with E-state index in [0.717, 1.165) is 38.6 Å². The van der Waals surface area contributed by atoms with Gasteiger partial charge in [-0.3, -0.25) is 10.1 Å². The topological polar surface area (TPSA) is 69.6 Å². The quantitative estimate of drug-likeness (QED) is 0.170. The van der Waals surface area contributed by atoms with Gasteiger partial charge in [-0.2, -0.15) is 0 Å². The number of rotatable bonds is 21. The summed E-state index contributed by atoms with van der Waals surface area (Å²) in [5, 5.41) is 21.5. The van der Waals surface area contributed by atoms with Crippen LogP contribution in [-0.4, -0.2) is 29.0 Å². The fraction of sp³-hybridized carbons (Fsp3) is 0.955. The molecule has 4 heteroatoms. The van der Waals surface area contributed by atoms with Crippen molar-refractivity contribution in [3.63, 3.8) is 0 Å². The highest BCUT2D eigenvalue weighted by Gasteiger charge is 2.01. The van der Waals surface area contributed by atoms with Gasteiger partial charge in [0.1, 0.15) is 6.23 Å². The number of hydrogen-bond acceptors (Lipinski definition) is 3. The first-order valence-corrected chi connectivity index (χ1v) is 11.3. The van der Waals surface area contributed by atoms with Crippen LogP contribution in [0.1, 0.15) is 122 Å². The van der Waals surface area contributed by atoms with Crippen molar-refractivity contribution in [3.05, 3.63) is 0 Å². The monoisotopic (exact) mass is 371 g/mol. The van der Waals surface area contributed by atoms with E-state index in [1.165, 1.54) is 77.0 Å². The maximum Gasteiger partial charge on any atom is 0.303 e. The first-order chi connectivity index (χ1) is 12.7. The van der Waals surface area contributed by atoms with Crippen molar-refractivity contribution in [1.82, 2.24) is 5.32 Å². The van der Waals surface area contributed by atoms with Crippen molar-refractivity contribution in [3.8, 4) is 0 Å². The maximum absolute atomic E-state index is 10.4. The van der Waals surface area contributed by atoms with Crippen LogP contribution in [0, 0.1) is 0 Å². The molecule has 0 aromatic carbocycles. The van der Waals surface area contributed by atoms with Gasteiger partial charge < -0.3 is 10.2 Å². The number of unbranched alkanes of at least 4 members (excludes halogenated alkanes) is 14. The summed E-state index contributed by atoms with van der Waals surface area (Å²) in [6, 6.07) is 0. The fourth-order valence-electron chi connectivity index (χ4n) is 3.28. The number of aliphatic hydroxyl groups is 1. The van der Waals surface area contributed by atoms with E-state index >= 15 is 0 Å². The molecule has 156 valence electrons. The molecule has 0 aromatic rings. The number of hydrogen-bond donors (Lipinski definition) is 3. The van der Waals surface area contributed by atoms with E-state index in [-0.39, 0.29) is 6.23 Å². The number of carboxylic acid groups (broad SMARTS) is 1. The summed E-state index contributed by atoms with van der Waals surface area (Å²) in [4.78, 5) is 10.4. The van der Waals surface area contributed by atoms with E-state index in [2.05, 4.69) is 12.2 Å². The number of aliphatic carboxylic acids is 1. The van der Waals surface area contributed by atoms with E-state index in [4.69, 9.17) is 5.11 Å². The summed E-state index contributed by atoms with van der Waals surface area (Å²) in [6.45, 7) is 3.10. The van der Waals surface area contributed by atoms with Gasteiger partial charge in [0.05, 0.1) is 0 Å². The van der Waals surface area contributed by atoms with Crippen LogP contribution in [0.4, 0.5) is 0 Å². The van der Waals surface area contributed by atoms with Gasteiger partial charge in [-0.05, 0) is 32.2 Å². The molecule has 0 saturated carbocycles. The highest BCUT2D eigenvalue weighted by Crippen LogP contribution is 2.14. The van der Waals surface area contributed by atoms with Crippen LogP contribution >= 0.6 is 0 Å². The Morgan fingerprint density at radius 3 is 1.58 bits per heavy atom. The lowest BCUT2D eigenvalue weighted by Crippen LogP contribution is -2.29. The molecule has 0 fully saturated rings. The molecule has 0 saturated heterocycles. The lowest BCUT2D eigenvalue weighted by Gasteiger charge is -2.12. The SMILES string of the molecule is CCCCNC(O)CCCCCCCCCCCCCCCCC(=O)O. The van der Waals surface area contributed by atoms with Crippen molar-refractivity contribution < 1.29 is 15.0 Å². The second-order valence-corrected chi connectivity index (χ2v) is 7.71. The van der Waals surface area contributed by atoms with Crippen LogP contribution in [0.25, 0.3) is 0 Å². The third kappa shape index (κ3) is 21.4. The highest BCUT2D eigenvalue weighted by molar-refractivity contribution is 5.66. The van der Waals surface area contributed by atoms with Gasteiger partial charge in [0.25, 0.3) is 0 Å². The standard InChI is InChI=1S/C22H45NO3/c1-2-3-20-23-21(24)18-16-14-12-10-8-6-4-5-7-9-11-13-15-17-19-22(25)26/h21,23-24H,2-20H2,1H3,(H,25,26). The van der Waals surface area contributed by atoms with Crippen LogP contribution < -0.4 is 5.32 Å². The zero-order chi connectivity index (χ0) is 19.3. The highest BCUT2D eigenvalue weighted by atomic mass is 16.4. The Morgan fingerprint density at radius 2 is 1.15 bits per heavy atom. The molecule has 0 spiro atoms. The minimum absolute atomic E-state index is 0.307. The lowest BCUT2D eigenvalue weighted by molar-refractivity contribution is -0.137. The molecule has 4 nitrogen and oxygen atoms in total. The Morgan fingerprint density at radius 1 is 0.731 bits per heavy atom. The Kier molecular flexibility index (Phi) is 20.2. The number of carbonyl (C=O) groups is 1. The van der Waals surface area contributed by atoms with Gasteiger partial charge in [0.15, 0.2) is 0 Å². The molecule has 0 heterocycles. The van der Waals surface area contributed by atoms with Crippen LogP contribution in [0.3, 0.4) is 0 Å². The number of carboxylic acids is 1. The molecule has 0 amide bonds. The van der Waals surface area contributed by atoms with Gasteiger partial charge >= 0.3 is 5.97 Å². The van der Waals surface area contributed by atoms with Gasteiger partial charge in [-0.15, -0.1) is 0 Å². The first kappa shape index (κ1) is 25.4. The second-order valence-electron chi connectivity index (χ2n) is 7.71. The maximum atomic E-state index is 10.4. The predicted molar refractivity (Wildman–Crippen MR) is 110 cm³/mol. The summed E-state index contributed by atoms with van der Waals surface area (Å²) in [5.41, 5.74) is 0. The van der Waals surface area contributed by atoms with Gasteiger partial charge in [-0.25, -0.2) is 0 Å². The summed E-state index contributed by atoms with van der Waals surface area (Å²) >= 11 is 0. The first-order valence-electron chi connectivity index (χ1n) is 11.3. The molecular weight excluding hydrogens is 326 g/mol. The zero-order valence-corrected chi connectivity index (χ0v) is 17.3. The molecule has 0 rings (SSSR count). The van der Waals surface area contributed by atoms with Gasteiger partial charge in [0.2, 0.25) is 0 Å². The fourth-order valence-corrected chi connectivity index (χ4v) is 3.28. The average molecular weight is 372 g/mol. The van der Waals surface area contributed by atoms with Crippen LogP contribution in [0.2, 0.25) is 0 Å². The molecule has 0 aliphatic carbocycles. The molecule has 0 aromatic heterocycles. The second kappa shape index (κ2) is 20.7. The lowest BCUT2D eigenvalue weighted by atomic mass is 10.0. The molecule has 1 unspecified atom stereocenters. The summed E-state index contributed by atoms with van der Waals surface area (Å²) in [5.74, 6) is -0.665. The molecule has 0 bridgehead atoms. The van der Waals surface area contributed by atoms with Gasteiger partial charge in [-0.1, -0.05) is 90.4 Å². The zero-order valence-electron chi connectivity index (χ0n) is 17.3. The number of aliphatic hydroxyl groups excluding tert-OH is 1. The van der Waals surface area contributed by atoms with Crippen molar-refractivity contribution in [2.75, 3.05) is 6.54 Å². The largest absolute Gasteiger partial charge is 0.481 e. The van der Waals surface area contributed by atoms with E-state index < -0.39 is 5.97 Å². The summed E-state index contributed by atoms with van der Waals surface area (Å²) < 4.78 is 0.